The molecule has 3 aromatic rings. The number of hydrogen-bond acceptors (Lipinski definition) is 8. The Morgan fingerprint density at radius 1 is 1.10 bits per heavy atom. The first-order chi connectivity index (χ1) is 14.8. The average Bonchev–Trinajstić information content (AvgIpc) is 3.24. The van der Waals surface area contributed by atoms with E-state index < -0.39 is 22.5 Å². The van der Waals surface area contributed by atoms with Crippen LogP contribution in [-0.4, -0.2) is 51.5 Å². The summed E-state index contributed by atoms with van der Waals surface area (Å²) in [6.45, 7) is -0.464. The number of benzene rings is 2. The number of ether oxygens (including phenoxy) is 2. The smallest absolute Gasteiger partial charge is 0.246 e. The molecule has 0 aliphatic rings. The average molecular weight is 446 g/mol. The van der Waals surface area contributed by atoms with Crippen LogP contribution in [0.3, 0.4) is 0 Å². The van der Waals surface area contributed by atoms with Gasteiger partial charge in [0.15, 0.2) is 0 Å². The van der Waals surface area contributed by atoms with Crippen molar-refractivity contribution in [3.05, 3.63) is 54.4 Å². The summed E-state index contributed by atoms with van der Waals surface area (Å²) in [5.41, 5.74) is 1.01. The number of methoxy groups -OCH3 is 2. The molecule has 1 heterocycles. The molecule has 0 atom stereocenters. The highest BCUT2D eigenvalue weighted by Gasteiger charge is 2.21. The third-order valence-electron chi connectivity index (χ3n) is 4.26. The number of anilines is 1. The van der Waals surface area contributed by atoms with Gasteiger partial charge in [0, 0.05) is 11.6 Å². The molecule has 0 aliphatic heterocycles. The Bertz CT molecular complexity index is 1160. The van der Waals surface area contributed by atoms with E-state index in [9.17, 15) is 13.2 Å². The molecule has 0 spiro atoms. The normalized spacial score (nSPS) is 11.1. The summed E-state index contributed by atoms with van der Waals surface area (Å²) in [7, 11) is -0.676. The molecule has 1 N–H and O–H groups in total. The summed E-state index contributed by atoms with van der Waals surface area (Å²) in [6, 6.07) is 13.6. The van der Waals surface area contributed by atoms with Crippen molar-refractivity contribution in [1.29, 1.82) is 0 Å². The number of nitrogens with zero attached hydrogens (tertiary/aromatic N) is 3. The van der Waals surface area contributed by atoms with E-state index in [1.54, 1.807) is 49.6 Å². The number of amides is 1. The Balaban J connectivity index is 1.66. The number of rotatable bonds is 9. The second-order valence-electron chi connectivity index (χ2n) is 6.49. The minimum Gasteiger partial charge on any atom is -0.497 e. The van der Waals surface area contributed by atoms with Crippen LogP contribution in [-0.2, 0) is 21.4 Å². The van der Waals surface area contributed by atoms with Gasteiger partial charge in [0.2, 0.25) is 27.6 Å². The summed E-state index contributed by atoms with van der Waals surface area (Å²) in [4.78, 5) is 16.6. The Hall–Kier alpha value is -3.60. The van der Waals surface area contributed by atoms with Crippen molar-refractivity contribution in [2.45, 2.75) is 6.54 Å². The predicted molar refractivity (Wildman–Crippen MR) is 113 cm³/mol. The number of aromatic nitrogens is 2. The van der Waals surface area contributed by atoms with Crippen LogP contribution in [0.4, 0.5) is 5.69 Å². The van der Waals surface area contributed by atoms with E-state index in [0.29, 0.717) is 28.6 Å². The number of carbonyl (C=O) groups excluding carboxylic acids is 1. The van der Waals surface area contributed by atoms with Crippen LogP contribution in [0.25, 0.3) is 11.4 Å². The molecule has 11 heteroatoms. The van der Waals surface area contributed by atoms with Crippen LogP contribution in [0.15, 0.2) is 53.1 Å². The van der Waals surface area contributed by atoms with Gasteiger partial charge in [-0.1, -0.05) is 23.4 Å². The van der Waals surface area contributed by atoms with Gasteiger partial charge in [-0.15, -0.1) is 0 Å². The fraction of sp³-hybridized carbons (Fsp3) is 0.250. The predicted octanol–water partition coefficient (Wildman–Crippen LogP) is 1.84. The van der Waals surface area contributed by atoms with Crippen LogP contribution in [0, 0.1) is 0 Å². The van der Waals surface area contributed by atoms with Crippen LogP contribution in [0.5, 0.6) is 11.5 Å². The maximum absolute atomic E-state index is 12.4. The van der Waals surface area contributed by atoms with Gasteiger partial charge in [-0.2, -0.15) is 4.98 Å². The third-order valence-corrected chi connectivity index (χ3v) is 5.40. The minimum absolute atomic E-state index is 0.0501. The van der Waals surface area contributed by atoms with E-state index >= 15 is 0 Å². The first kappa shape index (κ1) is 22.1. The molecule has 0 saturated heterocycles. The van der Waals surface area contributed by atoms with E-state index in [-0.39, 0.29) is 12.4 Å². The maximum Gasteiger partial charge on any atom is 0.246 e. The highest BCUT2D eigenvalue weighted by Crippen LogP contribution is 2.23. The van der Waals surface area contributed by atoms with Crippen molar-refractivity contribution >= 4 is 21.6 Å². The summed E-state index contributed by atoms with van der Waals surface area (Å²) in [5, 5.41) is 6.48. The monoisotopic (exact) mass is 446 g/mol. The molecule has 0 fully saturated rings. The van der Waals surface area contributed by atoms with Gasteiger partial charge in [-0.3, -0.25) is 9.10 Å². The molecule has 2 aromatic carbocycles. The van der Waals surface area contributed by atoms with E-state index in [1.807, 2.05) is 0 Å². The number of hydrogen-bond donors (Lipinski definition) is 1. The van der Waals surface area contributed by atoms with Crippen molar-refractivity contribution in [3.63, 3.8) is 0 Å². The highest BCUT2D eigenvalue weighted by molar-refractivity contribution is 7.92. The summed E-state index contributed by atoms with van der Waals surface area (Å²) in [6.07, 6.45) is 1.03. The summed E-state index contributed by atoms with van der Waals surface area (Å²) < 4.78 is 40.9. The zero-order chi connectivity index (χ0) is 22.4. The van der Waals surface area contributed by atoms with Crippen molar-refractivity contribution < 1.29 is 27.2 Å². The van der Waals surface area contributed by atoms with Gasteiger partial charge in [0.25, 0.3) is 0 Å². The van der Waals surface area contributed by atoms with Crippen LogP contribution >= 0.6 is 0 Å². The number of nitrogens with one attached hydrogen (secondary N) is 1. The first-order valence-corrected chi connectivity index (χ1v) is 11.0. The molecule has 31 heavy (non-hydrogen) atoms. The van der Waals surface area contributed by atoms with Crippen molar-refractivity contribution in [3.8, 4) is 22.9 Å². The van der Waals surface area contributed by atoms with Crippen LogP contribution in [0.2, 0.25) is 0 Å². The topological polar surface area (TPSA) is 124 Å². The van der Waals surface area contributed by atoms with Gasteiger partial charge in [-0.05, 0) is 24.3 Å². The van der Waals surface area contributed by atoms with Crippen molar-refractivity contribution in [1.82, 2.24) is 15.5 Å². The highest BCUT2D eigenvalue weighted by atomic mass is 32.2. The Kier molecular flexibility index (Phi) is 6.75. The lowest BCUT2D eigenvalue weighted by atomic mass is 10.2. The molecule has 10 nitrogen and oxygen atoms in total. The lowest BCUT2D eigenvalue weighted by Crippen LogP contribution is -2.40. The van der Waals surface area contributed by atoms with E-state index in [4.69, 9.17) is 14.0 Å². The van der Waals surface area contributed by atoms with Crippen LogP contribution in [0.1, 0.15) is 5.89 Å². The van der Waals surface area contributed by atoms with Gasteiger partial charge < -0.3 is 19.3 Å². The van der Waals surface area contributed by atoms with E-state index in [1.165, 1.54) is 13.2 Å². The molecule has 1 amide bonds. The van der Waals surface area contributed by atoms with E-state index in [0.717, 1.165) is 10.6 Å². The quantitative estimate of drug-likeness (QED) is 0.528. The molecule has 164 valence electrons. The molecule has 0 bridgehead atoms. The lowest BCUT2D eigenvalue weighted by molar-refractivity contribution is -0.119. The lowest BCUT2D eigenvalue weighted by Gasteiger charge is -2.22. The molecular weight excluding hydrogens is 424 g/mol. The molecule has 0 unspecified atom stereocenters. The van der Waals surface area contributed by atoms with Crippen molar-refractivity contribution in [2.75, 3.05) is 31.3 Å². The third kappa shape index (κ3) is 5.72. The van der Waals surface area contributed by atoms with Gasteiger partial charge in [0.1, 0.15) is 18.0 Å². The second kappa shape index (κ2) is 9.47. The van der Waals surface area contributed by atoms with Crippen molar-refractivity contribution in [2.24, 2.45) is 0 Å². The first-order valence-electron chi connectivity index (χ1n) is 9.15. The maximum atomic E-state index is 12.4. The Morgan fingerprint density at radius 2 is 1.77 bits per heavy atom. The van der Waals surface area contributed by atoms with Gasteiger partial charge in [0.05, 0.1) is 32.7 Å². The van der Waals surface area contributed by atoms with Crippen LogP contribution < -0.4 is 19.1 Å². The fourth-order valence-corrected chi connectivity index (χ4v) is 3.58. The zero-order valence-corrected chi connectivity index (χ0v) is 18.0. The molecule has 0 saturated carbocycles. The molecule has 0 radical (unpaired) electrons. The van der Waals surface area contributed by atoms with Gasteiger partial charge in [-0.25, -0.2) is 8.42 Å². The SMILES string of the molecule is COc1cccc(-c2noc(CNC(=O)CN(c3cccc(OC)c3)S(C)(=O)=O)n2)c1. The van der Waals surface area contributed by atoms with Gasteiger partial charge >= 0.3 is 0 Å². The number of carbonyl (C=O) groups is 1. The Labute approximate surface area is 179 Å². The standard InChI is InChI=1S/C20H22N4O6S/c1-28-16-8-4-6-14(10-16)20-22-19(30-23-20)12-21-18(25)13-24(31(3,26)27)15-7-5-9-17(11-15)29-2/h4-11H,12-13H2,1-3H3,(H,21,25). The largest absolute Gasteiger partial charge is 0.497 e. The Morgan fingerprint density at radius 3 is 2.45 bits per heavy atom. The second-order valence-corrected chi connectivity index (χ2v) is 8.40. The van der Waals surface area contributed by atoms with E-state index in [2.05, 4.69) is 15.5 Å². The fourth-order valence-electron chi connectivity index (χ4n) is 2.73. The molecule has 3 rings (SSSR count). The molecule has 0 aliphatic carbocycles. The summed E-state index contributed by atoms with van der Waals surface area (Å²) >= 11 is 0. The minimum atomic E-state index is -3.71. The molecular formula is C20H22N4O6S. The molecule has 1 aromatic heterocycles. The zero-order valence-electron chi connectivity index (χ0n) is 17.2. The summed E-state index contributed by atoms with van der Waals surface area (Å²) in [5.74, 6) is 1.11. The number of sulfonamides is 1.